The van der Waals surface area contributed by atoms with E-state index >= 15 is 0 Å². The van der Waals surface area contributed by atoms with Crippen LogP contribution in [0.2, 0.25) is 0 Å². The second kappa shape index (κ2) is 8.91. The van der Waals surface area contributed by atoms with Crippen LogP contribution in [0.25, 0.3) is 6.08 Å². The molecule has 0 aromatic heterocycles. The molecule has 0 saturated carbocycles. The average Bonchev–Trinajstić information content (AvgIpc) is 2.39. The normalized spacial score (nSPS) is 11.7. The Balaban J connectivity index is 2.76. The molecule has 0 atom stereocenters. The van der Waals surface area contributed by atoms with Gasteiger partial charge in [-0.25, -0.2) is 0 Å². The predicted octanol–water partition coefficient (Wildman–Crippen LogP) is 2.91. The number of unbranched alkanes of at least 4 members (excludes halogenated alkanes) is 2. The molecular formula is C15H22N4. The van der Waals surface area contributed by atoms with Gasteiger partial charge >= 0.3 is 0 Å². The van der Waals surface area contributed by atoms with E-state index in [4.69, 9.17) is 11.5 Å². The van der Waals surface area contributed by atoms with Crippen LogP contribution in [0.15, 0.2) is 46.1 Å². The van der Waals surface area contributed by atoms with E-state index in [0.29, 0.717) is 0 Å². The van der Waals surface area contributed by atoms with E-state index in [9.17, 15) is 0 Å². The molecule has 4 heteroatoms. The molecule has 0 bridgehead atoms. The van der Waals surface area contributed by atoms with E-state index in [1.807, 2.05) is 18.2 Å². The molecule has 4 nitrogen and oxygen atoms in total. The molecule has 1 rings (SSSR count). The fraction of sp³-hybridized carbons (Fsp3) is 0.333. The standard InChI is InChI=1S/C15H22N4/c1-2-3-5-10-14(12-18-19-15(16)17)11-13-8-6-4-7-9-13/h4,6-9,11-12H,2-3,5,10H2,1H3,(H4,16,17,19). The third kappa shape index (κ3) is 7.03. The van der Waals surface area contributed by atoms with Crippen molar-refractivity contribution in [2.45, 2.75) is 32.6 Å². The highest BCUT2D eigenvalue weighted by molar-refractivity contribution is 5.86. The first-order chi connectivity index (χ1) is 9.22. The fourth-order valence-corrected chi connectivity index (χ4v) is 1.69. The molecule has 1 aromatic rings. The Bertz CT molecular complexity index is 442. The molecule has 0 radical (unpaired) electrons. The van der Waals surface area contributed by atoms with Crippen molar-refractivity contribution in [1.29, 1.82) is 0 Å². The highest BCUT2D eigenvalue weighted by atomic mass is 15.3. The van der Waals surface area contributed by atoms with Crippen LogP contribution in [0.5, 0.6) is 0 Å². The zero-order valence-corrected chi connectivity index (χ0v) is 11.4. The van der Waals surface area contributed by atoms with Gasteiger partial charge in [-0.05, 0) is 24.0 Å². The van der Waals surface area contributed by atoms with Gasteiger partial charge < -0.3 is 11.5 Å². The molecule has 0 amide bonds. The predicted molar refractivity (Wildman–Crippen MR) is 82.9 cm³/mol. The Morgan fingerprint density at radius 2 is 1.89 bits per heavy atom. The van der Waals surface area contributed by atoms with E-state index in [1.54, 1.807) is 6.21 Å². The van der Waals surface area contributed by atoms with Crippen LogP contribution in [0.4, 0.5) is 0 Å². The van der Waals surface area contributed by atoms with Crippen molar-refractivity contribution in [1.82, 2.24) is 0 Å². The van der Waals surface area contributed by atoms with Crippen molar-refractivity contribution in [3.63, 3.8) is 0 Å². The summed E-state index contributed by atoms with van der Waals surface area (Å²) >= 11 is 0. The van der Waals surface area contributed by atoms with Gasteiger partial charge in [-0.3, -0.25) is 0 Å². The lowest BCUT2D eigenvalue weighted by Gasteiger charge is -2.01. The van der Waals surface area contributed by atoms with Gasteiger partial charge in [0.15, 0.2) is 0 Å². The minimum absolute atomic E-state index is 0.0242. The topological polar surface area (TPSA) is 76.8 Å². The maximum absolute atomic E-state index is 5.25. The van der Waals surface area contributed by atoms with Gasteiger partial charge in [0.25, 0.3) is 0 Å². The largest absolute Gasteiger partial charge is 0.369 e. The molecule has 0 saturated heterocycles. The monoisotopic (exact) mass is 258 g/mol. The highest BCUT2D eigenvalue weighted by Gasteiger charge is 1.96. The number of guanidine groups is 1. The summed E-state index contributed by atoms with van der Waals surface area (Å²) in [5.41, 5.74) is 12.8. The maximum atomic E-state index is 5.25. The third-order valence-corrected chi connectivity index (χ3v) is 2.62. The van der Waals surface area contributed by atoms with Crippen LogP contribution in [0.3, 0.4) is 0 Å². The number of nitrogens with zero attached hydrogens (tertiary/aromatic N) is 2. The molecule has 0 heterocycles. The van der Waals surface area contributed by atoms with E-state index < -0.39 is 0 Å². The Labute approximate surface area is 114 Å². The van der Waals surface area contributed by atoms with E-state index in [0.717, 1.165) is 24.0 Å². The molecule has 1 aromatic carbocycles. The first-order valence-corrected chi connectivity index (χ1v) is 6.60. The molecule has 0 aliphatic carbocycles. The Hall–Kier alpha value is -2.10. The minimum Gasteiger partial charge on any atom is -0.369 e. The molecule has 0 aliphatic heterocycles. The number of rotatable bonds is 7. The summed E-state index contributed by atoms with van der Waals surface area (Å²) in [6.45, 7) is 2.19. The van der Waals surface area contributed by atoms with Gasteiger partial charge in [0.2, 0.25) is 5.96 Å². The molecule has 0 unspecified atom stereocenters. The highest BCUT2D eigenvalue weighted by Crippen LogP contribution is 2.12. The fourth-order valence-electron chi connectivity index (χ4n) is 1.69. The van der Waals surface area contributed by atoms with Crippen LogP contribution < -0.4 is 11.5 Å². The molecule has 19 heavy (non-hydrogen) atoms. The van der Waals surface area contributed by atoms with Crippen molar-refractivity contribution < 1.29 is 0 Å². The number of nitrogens with two attached hydrogens (primary N) is 2. The number of allylic oxidation sites excluding steroid dienone is 1. The summed E-state index contributed by atoms with van der Waals surface area (Å²) in [4.78, 5) is 0. The van der Waals surface area contributed by atoms with Crippen molar-refractivity contribution in [3.05, 3.63) is 41.5 Å². The van der Waals surface area contributed by atoms with Gasteiger partial charge in [-0.1, -0.05) is 56.2 Å². The van der Waals surface area contributed by atoms with Gasteiger partial charge in [-0.15, -0.1) is 5.10 Å². The summed E-state index contributed by atoms with van der Waals surface area (Å²) < 4.78 is 0. The van der Waals surface area contributed by atoms with Gasteiger partial charge in [0, 0.05) is 0 Å². The molecular weight excluding hydrogens is 236 g/mol. The summed E-state index contributed by atoms with van der Waals surface area (Å²) in [6.07, 6.45) is 8.37. The van der Waals surface area contributed by atoms with Crippen LogP contribution >= 0.6 is 0 Å². The third-order valence-electron chi connectivity index (χ3n) is 2.62. The lowest BCUT2D eigenvalue weighted by Crippen LogP contribution is -2.21. The van der Waals surface area contributed by atoms with Gasteiger partial charge in [-0.2, -0.15) is 5.10 Å². The van der Waals surface area contributed by atoms with Crippen molar-refractivity contribution in [2.24, 2.45) is 21.7 Å². The van der Waals surface area contributed by atoms with Crippen LogP contribution in [-0.2, 0) is 0 Å². The Morgan fingerprint density at radius 1 is 1.16 bits per heavy atom. The second-order valence-electron chi connectivity index (χ2n) is 4.36. The molecule has 0 aliphatic rings. The number of benzene rings is 1. The smallest absolute Gasteiger partial charge is 0.211 e. The van der Waals surface area contributed by atoms with Crippen LogP contribution in [-0.4, -0.2) is 12.2 Å². The molecule has 4 N–H and O–H groups in total. The lowest BCUT2D eigenvalue weighted by molar-refractivity contribution is 0.724. The van der Waals surface area contributed by atoms with Crippen LogP contribution in [0.1, 0.15) is 38.2 Å². The van der Waals surface area contributed by atoms with Gasteiger partial charge in [0.05, 0.1) is 6.21 Å². The molecule has 0 fully saturated rings. The van der Waals surface area contributed by atoms with Gasteiger partial charge in [0.1, 0.15) is 0 Å². The van der Waals surface area contributed by atoms with E-state index in [2.05, 4.69) is 35.3 Å². The number of hydrogen-bond acceptors (Lipinski definition) is 2. The summed E-state index contributed by atoms with van der Waals surface area (Å²) in [7, 11) is 0. The summed E-state index contributed by atoms with van der Waals surface area (Å²) in [5, 5.41) is 7.53. The first kappa shape index (κ1) is 15.0. The van der Waals surface area contributed by atoms with Crippen molar-refractivity contribution in [2.75, 3.05) is 0 Å². The zero-order valence-electron chi connectivity index (χ0n) is 11.4. The lowest BCUT2D eigenvalue weighted by atomic mass is 10.1. The quantitative estimate of drug-likeness (QED) is 0.341. The van der Waals surface area contributed by atoms with Crippen molar-refractivity contribution in [3.8, 4) is 0 Å². The molecule has 0 spiro atoms. The minimum atomic E-state index is -0.0242. The summed E-state index contributed by atoms with van der Waals surface area (Å²) in [5.74, 6) is -0.0242. The van der Waals surface area contributed by atoms with Crippen LogP contribution in [0, 0.1) is 0 Å². The molecule has 102 valence electrons. The summed E-state index contributed by atoms with van der Waals surface area (Å²) in [6, 6.07) is 10.2. The van der Waals surface area contributed by atoms with E-state index in [-0.39, 0.29) is 5.96 Å². The first-order valence-electron chi connectivity index (χ1n) is 6.60. The average molecular weight is 258 g/mol. The van der Waals surface area contributed by atoms with E-state index in [1.165, 1.54) is 12.8 Å². The second-order valence-corrected chi connectivity index (χ2v) is 4.36. The SMILES string of the molecule is CCCCCC(C=NN=C(N)N)=Cc1ccccc1. The Morgan fingerprint density at radius 3 is 2.53 bits per heavy atom. The zero-order chi connectivity index (χ0) is 13.9. The number of hydrogen-bond donors (Lipinski definition) is 2. The van der Waals surface area contributed by atoms with Crippen molar-refractivity contribution >= 4 is 18.3 Å². The Kier molecular flexibility index (Phi) is 7.02. The maximum Gasteiger partial charge on any atom is 0.211 e.